The molecule has 2 rings (SSSR count). The van der Waals surface area contributed by atoms with Crippen LogP contribution < -0.4 is 0 Å². The first-order valence-corrected chi connectivity index (χ1v) is 9.70. The molecule has 22 heavy (non-hydrogen) atoms. The Balaban J connectivity index is 0.00000102. The van der Waals surface area contributed by atoms with Crippen LogP contribution in [0.1, 0.15) is 84.8 Å². The van der Waals surface area contributed by atoms with Gasteiger partial charge in [-0.15, -0.1) is 0 Å². The largest absolute Gasteiger partial charge is 0.0683 e. The summed E-state index contributed by atoms with van der Waals surface area (Å²) in [5.74, 6) is 2.88. The SMILES string of the molecule is CC.CC.Cc1ccc(CCC2CCC(C(C)C)CC2)cc1. The van der Waals surface area contributed by atoms with Crippen LogP contribution in [-0.2, 0) is 6.42 Å². The van der Waals surface area contributed by atoms with Gasteiger partial charge < -0.3 is 0 Å². The van der Waals surface area contributed by atoms with E-state index in [-0.39, 0.29) is 0 Å². The normalized spacial score (nSPS) is 20.5. The highest BCUT2D eigenvalue weighted by Gasteiger charge is 2.22. The third kappa shape index (κ3) is 8.01. The van der Waals surface area contributed by atoms with E-state index in [1.54, 1.807) is 0 Å². The molecule has 1 fully saturated rings. The molecule has 1 aliphatic carbocycles. The molecule has 1 saturated carbocycles. The van der Waals surface area contributed by atoms with Crippen molar-refractivity contribution < 1.29 is 0 Å². The van der Waals surface area contributed by atoms with Crippen molar-refractivity contribution in [3.05, 3.63) is 35.4 Å². The maximum atomic E-state index is 2.39. The third-order valence-electron chi connectivity index (χ3n) is 4.80. The molecule has 0 N–H and O–H groups in total. The fourth-order valence-electron chi connectivity index (χ4n) is 3.27. The maximum absolute atomic E-state index is 2.39. The average molecular weight is 305 g/mol. The topological polar surface area (TPSA) is 0 Å². The van der Waals surface area contributed by atoms with E-state index in [9.17, 15) is 0 Å². The van der Waals surface area contributed by atoms with Crippen molar-refractivity contribution in [2.75, 3.05) is 0 Å². The second-order valence-corrected chi connectivity index (χ2v) is 6.55. The van der Waals surface area contributed by atoms with Gasteiger partial charge in [-0.25, -0.2) is 0 Å². The van der Waals surface area contributed by atoms with Gasteiger partial charge in [0, 0.05) is 0 Å². The average Bonchev–Trinajstić information content (AvgIpc) is 2.58. The minimum Gasteiger partial charge on any atom is -0.0683 e. The summed E-state index contributed by atoms with van der Waals surface area (Å²) in [5, 5.41) is 0. The quantitative estimate of drug-likeness (QED) is 0.542. The zero-order valence-corrected chi connectivity index (χ0v) is 16.3. The first kappa shape index (κ1) is 21.2. The van der Waals surface area contributed by atoms with Crippen molar-refractivity contribution in [2.24, 2.45) is 17.8 Å². The van der Waals surface area contributed by atoms with Gasteiger partial charge in [0.25, 0.3) is 0 Å². The zero-order valence-electron chi connectivity index (χ0n) is 16.3. The van der Waals surface area contributed by atoms with Crippen LogP contribution in [0.4, 0.5) is 0 Å². The zero-order chi connectivity index (χ0) is 17.0. The Kier molecular flexibility index (Phi) is 12.3. The van der Waals surface area contributed by atoms with Crippen LogP contribution in [0.2, 0.25) is 0 Å². The van der Waals surface area contributed by atoms with E-state index in [1.165, 1.54) is 49.7 Å². The molecule has 1 aromatic rings. The van der Waals surface area contributed by atoms with E-state index < -0.39 is 0 Å². The smallest absolute Gasteiger partial charge is 0.0276 e. The van der Waals surface area contributed by atoms with Crippen LogP contribution in [0.5, 0.6) is 0 Å². The molecule has 0 nitrogen and oxygen atoms in total. The first-order valence-electron chi connectivity index (χ1n) is 9.70. The molecular weight excluding hydrogens is 264 g/mol. The minimum atomic E-state index is 0.892. The maximum Gasteiger partial charge on any atom is -0.0276 e. The fraction of sp³-hybridized carbons (Fsp3) is 0.727. The number of aryl methyl sites for hydroxylation is 2. The lowest BCUT2D eigenvalue weighted by Gasteiger charge is -2.30. The fourth-order valence-corrected chi connectivity index (χ4v) is 3.27. The second-order valence-electron chi connectivity index (χ2n) is 6.55. The second kappa shape index (κ2) is 12.7. The third-order valence-corrected chi connectivity index (χ3v) is 4.80. The van der Waals surface area contributed by atoms with E-state index in [4.69, 9.17) is 0 Å². The van der Waals surface area contributed by atoms with Crippen molar-refractivity contribution in [1.82, 2.24) is 0 Å². The van der Waals surface area contributed by atoms with Crippen LogP contribution in [0.25, 0.3) is 0 Å². The van der Waals surface area contributed by atoms with Gasteiger partial charge in [0.2, 0.25) is 0 Å². The molecule has 1 aromatic carbocycles. The van der Waals surface area contributed by atoms with E-state index in [0.29, 0.717) is 0 Å². The minimum absolute atomic E-state index is 0.892. The standard InChI is InChI=1S/C18H28.2C2H6/c1-14(2)18-12-10-17(11-13-18)9-8-16-6-4-15(3)5-7-16;2*1-2/h4-7,14,17-18H,8-13H2,1-3H3;2*1-2H3. The van der Waals surface area contributed by atoms with E-state index >= 15 is 0 Å². The molecule has 0 heteroatoms. The van der Waals surface area contributed by atoms with Crippen molar-refractivity contribution >= 4 is 0 Å². The molecular formula is C22H40. The highest BCUT2D eigenvalue weighted by atomic mass is 14.3. The molecule has 0 radical (unpaired) electrons. The van der Waals surface area contributed by atoms with Crippen LogP contribution in [0.3, 0.4) is 0 Å². The summed E-state index contributed by atoms with van der Waals surface area (Å²) in [5.41, 5.74) is 2.89. The first-order chi connectivity index (χ1) is 10.6. The molecule has 0 heterocycles. The van der Waals surface area contributed by atoms with Gasteiger partial charge in [-0.3, -0.25) is 0 Å². The van der Waals surface area contributed by atoms with Crippen LogP contribution in [-0.4, -0.2) is 0 Å². The molecule has 0 bridgehead atoms. The van der Waals surface area contributed by atoms with E-state index in [2.05, 4.69) is 45.0 Å². The number of benzene rings is 1. The van der Waals surface area contributed by atoms with Gasteiger partial charge in [-0.1, -0.05) is 84.2 Å². The Morgan fingerprint density at radius 2 is 1.36 bits per heavy atom. The Labute approximate surface area is 140 Å². The lowest BCUT2D eigenvalue weighted by atomic mass is 9.75. The predicted molar refractivity (Wildman–Crippen MR) is 102 cm³/mol. The molecule has 1 aliphatic rings. The highest BCUT2D eigenvalue weighted by Crippen LogP contribution is 2.35. The molecule has 0 amide bonds. The predicted octanol–water partition coefficient (Wildman–Crippen LogP) is 7.44. The number of rotatable bonds is 4. The van der Waals surface area contributed by atoms with Gasteiger partial charge in [0.1, 0.15) is 0 Å². The van der Waals surface area contributed by atoms with Gasteiger partial charge >= 0.3 is 0 Å². The Hall–Kier alpha value is -0.780. The highest BCUT2D eigenvalue weighted by molar-refractivity contribution is 5.21. The summed E-state index contributed by atoms with van der Waals surface area (Å²) in [7, 11) is 0. The van der Waals surface area contributed by atoms with Crippen molar-refractivity contribution in [1.29, 1.82) is 0 Å². The lowest BCUT2D eigenvalue weighted by molar-refractivity contribution is 0.217. The number of hydrogen-bond donors (Lipinski definition) is 0. The summed E-state index contributed by atoms with van der Waals surface area (Å²) < 4.78 is 0. The molecule has 0 saturated heterocycles. The summed E-state index contributed by atoms with van der Waals surface area (Å²) >= 11 is 0. The summed E-state index contributed by atoms with van der Waals surface area (Å²) in [6.45, 7) is 14.9. The van der Waals surface area contributed by atoms with Crippen LogP contribution in [0.15, 0.2) is 24.3 Å². The molecule has 0 unspecified atom stereocenters. The van der Waals surface area contributed by atoms with Crippen LogP contribution >= 0.6 is 0 Å². The Bertz CT molecular complexity index is 339. The Morgan fingerprint density at radius 3 is 1.82 bits per heavy atom. The summed E-state index contributed by atoms with van der Waals surface area (Å²) in [4.78, 5) is 0. The van der Waals surface area contributed by atoms with Crippen molar-refractivity contribution in [3.8, 4) is 0 Å². The van der Waals surface area contributed by atoms with Crippen LogP contribution in [0, 0.1) is 24.7 Å². The van der Waals surface area contributed by atoms with Crippen molar-refractivity contribution in [2.45, 2.75) is 87.0 Å². The van der Waals surface area contributed by atoms with Gasteiger partial charge in [-0.2, -0.15) is 0 Å². The molecule has 0 aliphatic heterocycles. The van der Waals surface area contributed by atoms with Crippen molar-refractivity contribution in [3.63, 3.8) is 0 Å². The molecule has 0 aromatic heterocycles. The van der Waals surface area contributed by atoms with Gasteiger partial charge in [0.05, 0.1) is 0 Å². The lowest BCUT2D eigenvalue weighted by Crippen LogP contribution is -2.18. The molecule has 0 atom stereocenters. The monoisotopic (exact) mass is 304 g/mol. The summed E-state index contributed by atoms with van der Waals surface area (Å²) in [6, 6.07) is 9.08. The number of hydrogen-bond acceptors (Lipinski definition) is 0. The molecule has 128 valence electrons. The van der Waals surface area contributed by atoms with E-state index in [1.807, 2.05) is 27.7 Å². The van der Waals surface area contributed by atoms with Gasteiger partial charge in [-0.05, 0) is 55.9 Å². The Morgan fingerprint density at radius 1 is 0.864 bits per heavy atom. The molecule has 0 spiro atoms. The van der Waals surface area contributed by atoms with E-state index in [0.717, 1.165) is 17.8 Å². The summed E-state index contributed by atoms with van der Waals surface area (Å²) in [6.07, 6.45) is 8.54. The van der Waals surface area contributed by atoms with Gasteiger partial charge in [0.15, 0.2) is 0 Å².